The molecule has 1 unspecified atom stereocenters. The van der Waals surface area contributed by atoms with Crippen molar-refractivity contribution in [1.29, 1.82) is 0 Å². The van der Waals surface area contributed by atoms with Gasteiger partial charge in [0.1, 0.15) is 13.2 Å². The van der Waals surface area contributed by atoms with Crippen LogP contribution in [0.15, 0.2) is 60.8 Å². The molecule has 6 heteroatoms. The fourth-order valence-corrected chi connectivity index (χ4v) is 7.56. The normalized spacial score (nSPS) is 12.5. The highest BCUT2D eigenvalue weighted by Gasteiger charge is 2.19. The van der Waals surface area contributed by atoms with Gasteiger partial charge in [0.2, 0.25) is 0 Å². The number of hydrogen-bond acceptors (Lipinski definition) is 6. The molecule has 0 spiro atoms. The average molecular weight is 895 g/mol. The Balaban J connectivity index is 4.40. The third-order valence-corrected chi connectivity index (χ3v) is 11.7. The highest BCUT2D eigenvalue weighted by atomic mass is 16.6. The molecule has 0 aromatic rings. The Labute approximate surface area is 396 Å². The molecule has 0 radical (unpaired) electrons. The highest BCUT2D eigenvalue weighted by Crippen LogP contribution is 2.14. The van der Waals surface area contributed by atoms with Gasteiger partial charge in [0.05, 0.1) is 0 Å². The minimum atomic E-state index is -0.787. The van der Waals surface area contributed by atoms with Crippen LogP contribution in [0.25, 0.3) is 0 Å². The number of esters is 3. The van der Waals surface area contributed by atoms with E-state index in [1.165, 1.54) is 122 Å². The second-order valence-electron chi connectivity index (χ2n) is 18.1. The zero-order chi connectivity index (χ0) is 46.5. The van der Waals surface area contributed by atoms with Crippen LogP contribution >= 0.6 is 0 Å². The van der Waals surface area contributed by atoms with Crippen LogP contribution in [0.5, 0.6) is 0 Å². The van der Waals surface area contributed by atoms with Crippen LogP contribution in [-0.4, -0.2) is 37.2 Å². The Morgan fingerprint density at radius 3 is 0.953 bits per heavy atom. The van der Waals surface area contributed by atoms with Crippen LogP contribution in [0.3, 0.4) is 0 Å². The second-order valence-corrected chi connectivity index (χ2v) is 18.1. The molecule has 0 saturated carbocycles. The summed E-state index contributed by atoms with van der Waals surface area (Å²) in [6, 6.07) is 0. The maximum Gasteiger partial charge on any atom is 0.306 e. The van der Waals surface area contributed by atoms with Gasteiger partial charge in [0.15, 0.2) is 6.10 Å². The molecule has 1 atom stereocenters. The molecular formula is C58H102O6. The molecule has 0 aliphatic rings. The van der Waals surface area contributed by atoms with Crippen molar-refractivity contribution in [2.24, 2.45) is 0 Å². The molecule has 0 aliphatic heterocycles. The zero-order valence-electron chi connectivity index (χ0n) is 42.3. The second kappa shape index (κ2) is 52.7. The van der Waals surface area contributed by atoms with E-state index in [1.54, 1.807) is 0 Å². The van der Waals surface area contributed by atoms with Gasteiger partial charge in [-0.15, -0.1) is 0 Å². The third-order valence-electron chi connectivity index (χ3n) is 11.7. The molecule has 0 rings (SSSR count). The van der Waals surface area contributed by atoms with Crippen molar-refractivity contribution in [3.63, 3.8) is 0 Å². The first-order valence-electron chi connectivity index (χ1n) is 27.3. The number of rotatable bonds is 49. The molecule has 6 nitrogen and oxygen atoms in total. The standard InChI is InChI=1S/C58H102O6/c1-4-7-10-13-16-19-22-25-27-28-29-31-33-36-39-42-45-48-51-57(60)63-54-55(53-62-56(59)50-47-44-41-38-35-32-24-21-18-15-12-9-6-3)64-58(61)52-49-46-43-40-37-34-30-26-23-20-17-14-11-8-5-2/h12,15,19,21-22,24,26-28,30,55H,4-11,13-14,16-18,20,23,25,29,31-54H2,1-3H3/b15-12-,22-19-,24-21-,28-27-,30-26-. The van der Waals surface area contributed by atoms with E-state index in [-0.39, 0.29) is 31.1 Å². The van der Waals surface area contributed by atoms with Gasteiger partial charge in [-0.05, 0) is 103 Å². The fraction of sp³-hybridized carbons (Fsp3) is 0.776. The summed E-state index contributed by atoms with van der Waals surface area (Å²) in [5, 5.41) is 0. The summed E-state index contributed by atoms with van der Waals surface area (Å²) in [4.78, 5) is 38.0. The van der Waals surface area contributed by atoms with E-state index in [0.29, 0.717) is 19.3 Å². The molecule has 370 valence electrons. The van der Waals surface area contributed by atoms with Gasteiger partial charge in [0, 0.05) is 19.3 Å². The Morgan fingerprint density at radius 1 is 0.312 bits per heavy atom. The van der Waals surface area contributed by atoms with Crippen LogP contribution in [0.4, 0.5) is 0 Å². The summed E-state index contributed by atoms with van der Waals surface area (Å²) in [5.74, 6) is -0.910. The molecule has 0 aromatic carbocycles. The predicted octanol–water partition coefficient (Wildman–Crippen LogP) is 18.0. The lowest BCUT2D eigenvalue weighted by atomic mass is 10.1. The maximum absolute atomic E-state index is 12.8. The number of ether oxygens (including phenoxy) is 3. The van der Waals surface area contributed by atoms with Crippen molar-refractivity contribution >= 4 is 17.9 Å². The first-order chi connectivity index (χ1) is 31.5. The van der Waals surface area contributed by atoms with E-state index in [0.717, 1.165) is 109 Å². The minimum absolute atomic E-state index is 0.0858. The predicted molar refractivity (Wildman–Crippen MR) is 275 cm³/mol. The first kappa shape index (κ1) is 61.1. The lowest BCUT2D eigenvalue weighted by molar-refractivity contribution is -0.167. The molecule has 0 aromatic heterocycles. The summed E-state index contributed by atoms with van der Waals surface area (Å²) in [6.45, 7) is 6.54. The quantitative estimate of drug-likeness (QED) is 0.0262. The van der Waals surface area contributed by atoms with Crippen molar-refractivity contribution in [2.45, 2.75) is 277 Å². The topological polar surface area (TPSA) is 78.9 Å². The average Bonchev–Trinajstić information content (AvgIpc) is 3.29. The van der Waals surface area contributed by atoms with E-state index in [1.807, 2.05) is 0 Å². The summed E-state index contributed by atoms with van der Waals surface area (Å²) in [6.07, 6.45) is 64.9. The van der Waals surface area contributed by atoms with Crippen molar-refractivity contribution in [1.82, 2.24) is 0 Å². The molecule has 0 aliphatic carbocycles. The maximum atomic E-state index is 12.8. The smallest absolute Gasteiger partial charge is 0.306 e. The van der Waals surface area contributed by atoms with Crippen molar-refractivity contribution in [3.05, 3.63) is 60.8 Å². The van der Waals surface area contributed by atoms with E-state index in [2.05, 4.69) is 81.5 Å². The van der Waals surface area contributed by atoms with E-state index in [4.69, 9.17) is 14.2 Å². The van der Waals surface area contributed by atoms with Gasteiger partial charge in [-0.25, -0.2) is 0 Å². The first-order valence-corrected chi connectivity index (χ1v) is 27.3. The van der Waals surface area contributed by atoms with Crippen LogP contribution in [-0.2, 0) is 28.6 Å². The third kappa shape index (κ3) is 50.1. The number of unbranched alkanes of at least 4 members (excludes halogenated alkanes) is 28. The largest absolute Gasteiger partial charge is 0.462 e. The van der Waals surface area contributed by atoms with Crippen LogP contribution < -0.4 is 0 Å². The van der Waals surface area contributed by atoms with Gasteiger partial charge in [-0.2, -0.15) is 0 Å². The number of carbonyl (C=O) groups is 3. The van der Waals surface area contributed by atoms with Crippen LogP contribution in [0.2, 0.25) is 0 Å². The van der Waals surface area contributed by atoms with Crippen molar-refractivity contribution in [2.75, 3.05) is 13.2 Å². The molecule has 0 saturated heterocycles. The number of hydrogen-bond donors (Lipinski definition) is 0. The van der Waals surface area contributed by atoms with Crippen LogP contribution in [0.1, 0.15) is 271 Å². The van der Waals surface area contributed by atoms with Gasteiger partial charge in [-0.1, -0.05) is 210 Å². The molecule has 0 amide bonds. The molecule has 0 N–H and O–H groups in total. The summed E-state index contributed by atoms with van der Waals surface area (Å²) in [7, 11) is 0. The fourth-order valence-electron chi connectivity index (χ4n) is 7.56. The highest BCUT2D eigenvalue weighted by molar-refractivity contribution is 5.71. The molecule has 0 fully saturated rings. The Kier molecular flexibility index (Phi) is 50.4. The molecule has 0 bridgehead atoms. The van der Waals surface area contributed by atoms with E-state index >= 15 is 0 Å². The van der Waals surface area contributed by atoms with Gasteiger partial charge in [-0.3, -0.25) is 14.4 Å². The SMILES string of the molecule is CCC/C=C\C/C=C\CCCCCCCC(=O)OCC(COC(=O)CCCCCCCCC/C=C\C/C=C\CCCCCC)OC(=O)CCCCCCC/C=C\CCCCCCCC. The van der Waals surface area contributed by atoms with Gasteiger partial charge >= 0.3 is 17.9 Å². The van der Waals surface area contributed by atoms with E-state index in [9.17, 15) is 14.4 Å². The molecular weight excluding hydrogens is 793 g/mol. The van der Waals surface area contributed by atoms with Gasteiger partial charge < -0.3 is 14.2 Å². The Hall–Kier alpha value is -2.89. The summed E-state index contributed by atoms with van der Waals surface area (Å²) >= 11 is 0. The summed E-state index contributed by atoms with van der Waals surface area (Å²) < 4.78 is 16.8. The number of allylic oxidation sites excluding steroid dienone is 10. The monoisotopic (exact) mass is 895 g/mol. The molecule has 0 heterocycles. The zero-order valence-corrected chi connectivity index (χ0v) is 42.3. The van der Waals surface area contributed by atoms with Crippen molar-refractivity contribution in [3.8, 4) is 0 Å². The van der Waals surface area contributed by atoms with Crippen molar-refractivity contribution < 1.29 is 28.6 Å². The minimum Gasteiger partial charge on any atom is -0.462 e. The Morgan fingerprint density at radius 2 is 0.594 bits per heavy atom. The summed E-state index contributed by atoms with van der Waals surface area (Å²) in [5.41, 5.74) is 0. The lowest BCUT2D eigenvalue weighted by Gasteiger charge is -2.18. The Bertz CT molecular complexity index is 1170. The molecule has 64 heavy (non-hydrogen) atoms. The van der Waals surface area contributed by atoms with Gasteiger partial charge in [0.25, 0.3) is 0 Å². The van der Waals surface area contributed by atoms with E-state index < -0.39 is 6.10 Å². The lowest BCUT2D eigenvalue weighted by Crippen LogP contribution is -2.30. The number of carbonyl (C=O) groups excluding carboxylic acids is 3. The van der Waals surface area contributed by atoms with Crippen LogP contribution in [0, 0.1) is 0 Å².